The molecule has 0 fully saturated rings. The summed E-state index contributed by atoms with van der Waals surface area (Å²) in [5.74, 6) is 2.74. The van der Waals surface area contributed by atoms with Gasteiger partial charge in [0.2, 0.25) is 0 Å². The highest BCUT2D eigenvalue weighted by molar-refractivity contribution is 14.1. The molecule has 9 nitrogen and oxygen atoms in total. The molecule has 1 aliphatic heterocycles. The molecule has 0 radical (unpaired) electrons. The SMILES string of the molecule is CCOc1cc(C2=NN(C(=O)c3ccc(N=NC(=C=[N-])C#N)cc3CI)CCC2)ccc1OC. The molecule has 2 aromatic rings. The molecule has 0 saturated heterocycles. The average molecular weight is 569 g/mol. The van der Waals surface area contributed by atoms with E-state index >= 15 is 0 Å². The Balaban J connectivity index is 1.88. The number of nitriles is 1. The van der Waals surface area contributed by atoms with Crippen molar-refractivity contribution in [3.63, 3.8) is 0 Å². The number of hydrogen-bond donors (Lipinski definition) is 0. The highest BCUT2D eigenvalue weighted by atomic mass is 127. The van der Waals surface area contributed by atoms with Crippen LogP contribution in [-0.2, 0) is 4.43 Å². The van der Waals surface area contributed by atoms with Gasteiger partial charge in [0.15, 0.2) is 17.2 Å². The van der Waals surface area contributed by atoms with Crippen LogP contribution in [0.4, 0.5) is 5.69 Å². The van der Waals surface area contributed by atoms with Crippen molar-refractivity contribution >= 4 is 45.8 Å². The van der Waals surface area contributed by atoms with E-state index in [0.717, 1.165) is 29.7 Å². The number of carbonyl (C=O) groups is 1. The van der Waals surface area contributed by atoms with E-state index in [1.807, 2.05) is 25.1 Å². The Morgan fingerprint density at radius 3 is 2.79 bits per heavy atom. The first-order chi connectivity index (χ1) is 16.5. The first-order valence-electron chi connectivity index (χ1n) is 10.5. The number of rotatable bonds is 8. The van der Waals surface area contributed by atoms with Gasteiger partial charge in [-0.15, -0.1) is 10.2 Å². The summed E-state index contributed by atoms with van der Waals surface area (Å²) in [6.45, 7) is 2.94. The molecule has 1 heterocycles. The Morgan fingerprint density at radius 2 is 2.12 bits per heavy atom. The number of benzene rings is 2. The number of methoxy groups -OCH3 is 1. The zero-order chi connectivity index (χ0) is 24.5. The fourth-order valence-electron chi connectivity index (χ4n) is 3.39. The summed E-state index contributed by atoms with van der Waals surface area (Å²) in [7, 11) is 1.59. The maximum Gasteiger partial charge on any atom is 0.274 e. The van der Waals surface area contributed by atoms with E-state index < -0.39 is 0 Å². The summed E-state index contributed by atoms with van der Waals surface area (Å²) in [4.78, 5) is 13.3. The van der Waals surface area contributed by atoms with Gasteiger partial charge in [0.05, 0.1) is 25.1 Å². The van der Waals surface area contributed by atoms with Gasteiger partial charge < -0.3 is 14.9 Å². The monoisotopic (exact) mass is 569 g/mol. The topological polar surface area (TPSA) is 122 Å². The summed E-state index contributed by atoms with van der Waals surface area (Å²) in [5, 5.41) is 31.3. The standard InChI is InChI=1S/C24H22IN6O3/c1-3-34-23-12-16(6-9-22(23)33-2)21-5-4-10-31(30-21)24(32)20-8-7-18(11-17(20)13-25)28-29-19(14-26)15-27/h6-9,11-12H,3-5,10,13H2,1-2H3/q-1. The molecule has 0 aromatic heterocycles. The molecule has 174 valence electrons. The molecule has 0 N–H and O–H groups in total. The first-order valence-corrected chi connectivity index (χ1v) is 12.1. The fourth-order valence-corrected chi connectivity index (χ4v) is 4.02. The Kier molecular flexibility index (Phi) is 8.90. The zero-order valence-corrected chi connectivity index (χ0v) is 20.9. The van der Waals surface area contributed by atoms with Crippen molar-refractivity contribution in [1.29, 1.82) is 5.26 Å². The van der Waals surface area contributed by atoms with Crippen molar-refractivity contribution in [2.24, 2.45) is 15.3 Å². The molecule has 2 aromatic carbocycles. The minimum absolute atomic E-state index is 0.202. The molecule has 3 rings (SSSR count). The van der Waals surface area contributed by atoms with E-state index in [9.17, 15) is 4.79 Å². The van der Waals surface area contributed by atoms with Gasteiger partial charge >= 0.3 is 0 Å². The van der Waals surface area contributed by atoms with E-state index in [-0.39, 0.29) is 11.6 Å². The van der Waals surface area contributed by atoms with Gasteiger partial charge in [-0.05, 0) is 61.7 Å². The lowest BCUT2D eigenvalue weighted by Crippen LogP contribution is -2.32. The van der Waals surface area contributed by atoms with E-state index in [1.54, 1.807) is 37.2 Å². The van der Waals surface area contributed by atoms with Crippen LogP contribution in [0.3, 0.4) is 0 Å². The Labute approximate surface area is 211 Å². The van der Waals surface area contributed by atoms with Crippen LogP contribution >= 0.6 is 22.6 Å². The lowest BCUT2D eigenvalue weighted by Gasteiger charge is -2.25. The second-order valence-electron chi connectivity index (χ2n) is 7.12. The van der Waals surface area contributed by atoms with Crippen LogP contribution in [0.25, 0.3) is 5.41 Å². The number of amides is 1. The van der Waals surface area contributed by atoms with Gasteiger partial charge in [0.25, 0.3) is 5.91 Å². The summed E-state index contributed by atoms with van der Waals surface area (Å²) in [6.07, 6.45) is 1.53. The normalized spacial score (nSPS) is 13.1. The third-order valence-corrected chi connectivity index (χ3v) is 5.82. The summed E-state index contributed by atoms with van der Waals surface area (Å²) in [5.41, 5.74) is 3.10. The third kappa shape index (κ3) is 5.87. The summed E-state index contributed by atoms with van der Waals surface area (Å²) >= 11 is 2.17. The van der Waals surface area contributed by atoms with Crippen LogP contribution < -0.4 is 9.47 Å². The summed E-state index contributed by atoms with van der Waals surface area (Å²) < 4.78 is 11.6. The Bertz CT molecular complexity index is 1230. The zero-order valence-electron chi connectivity index (χ0n) is 18.8. The second-order valence-corrected chi connectivity index (χ2v) is 7.89. The minimum atomic E-state index is -0.336. The molecule has 0 bridgehead atoms. The molecule has 10 heteroatoms. The quantitative estimate of drug-likeness (QED) is 0.139. The fraction of sp³-hybridized carbons (Fsp3) is 0.292. The van der Waals surface area contributed by atoms with E-state index in [4.69, 9.17) is 20.1 Å². The van der Waals surface area contributed by atoms with Crippen molar-refractivity contribution < 1.29 is 14.3 Å². The minimum Gasteiger partial charge on any atom is -0.761 e. The van der Waals surface area contributed by atoms with Crippen LogP contribution in [0.5, 0.6) is 11.5 Å². The van der Waals surface area contributed by atoms with Crippen molar-refractivity contribution in [3.05, 3.63) is 64.2 Å². The highest BCUT2D eigenvalue weighted by Crippen LogP contribution is 2.30. The smallest absolute Gasteiger partial charge is 0.274 e. The molecule has 0 saturated carbocycles. The largest absolute Gasteiger partial charge is 0.761 e. The maximum atomic E-state index is 13.3. The highest BCUT2D eigenvalue weighted by Gasteiger charge is 2.23. The number of carbonyl (C=O) groups excluding carboxylic acids is 1. The van der Waals surface area contributed by atoms with Crippen LogP contribution in [0.15, 0.2) is 57.4 Å². The molecule has 0 unspecified atom stereocenters. The van der Waals surface area contributed by atoms with Gasteiger partial charge in [0, 0.05) is 22.1 Å². The maximum absolute atomic E-state index is 13.3. The molecule has 1 amide bonds. The molecular weight excluding hydrogens is 547 g/mol. The van der Waals surface area contributed by atoms with Crippen LogP contribution in [0.2, 0.25) is 0 Å². The lowest BCUT2D eigenvalue weighted by atomic mass is 10.0. The van der Waals surface area contributed by atoms with Crippen molar-refractivity contribution in [3.8, 4) is 17.6 Å². The molecule has 0 aliphatic carbocycles. The number of alkyl halides is 1. The molecule has 0 atom stereocenters. The average Bonchev–Trinajstić information content (AvgIpc) is 2.89. The van der Waals surface area contributed by atoms with Gasteiger partial charge in [-0.25, -0.2) is 10.9 Å². The van der Waals surface area contributed by atoms with Crippen molar-refractivity contribution in [2.45, 2.75) is 24.2 Å². The number of ether oxygens (including phenoxy) is 2. The van der Waals surface area contributed by atoms with Crippen LogP contribution in [-0.4, -0.2) is 42.8 Å². The molecule has 34 heavy (non-hydrogen) atoms. The third-order valence-electron chi connectivity index (χ3n) is 5.00. The van der Waals surface area contributed by atoms with Gasteiger partial charge in [0.1, 0.15) is 6.07 Å². The van der Waals surface area contributed by atoms with E-state index in [0.29, 0.717) is 40.3 Å². The Hall–Kier alpha value is -3.55. The van der Waals surface area contributed by atoms with Crippen molar-refractivity contribution in [2.75, 3.05) is 20.3 Å². The van der Waals surface area contributed by atoms with E-state index in [2.05, 4.69) is 37.9 Å². The number of allylic oxidation sites excluding steroid dienone is 1. The predicted octanol–water partition coefficient (Wildman–Crippen LogP) is 5.40. The number of azo groups is 1. The van der Waals surface area contributed by atoms with Crippen LogP contribution in [0.1, 0.15) is 41.3 Å². The van der Waals surface area contributed by atoms with Gasteiger partial charge in [-0.1, -0.05) is 22.6 Å². The van der Waals surface area contributed by atoms with Gasteiger partial charge in [-0.2, -0.15) is 10.4 Å². The van der Waals surface area contributed by atoms with E-state index in [1.165, 1.54) is 5.01 Å². The van der Waals surface area contributed by atoms with Crippen LogP contribution in [0, 0.1) is 11.3 Å². The molecule has 1 aliphatic rings. The second kappa shape index (κ2) is 12.1. The first kappa shape index (κ1) is 25.1. The molecule has 0 spiro atoms. The Morgan fingerprint density at radius 1 is 1.29 bits per heavy atom. The molecular formula is C24H22IN6O3-. The predicted molar refractivity (Wildman–Crippen MR) is 137 cm³/mol. The number of hydrazone groups is 1. The number of halogens is 1. The summed E-state index contributed by atoms with van der Waals surface area (Å²) in [6, 6.07) is 12.3. The lowest BCUT2D eigenvalue weighted by molar-refractivity contribution is 0.0751. The number of nitrogens with zero attached hydrogens (tertiary/aromatic N) is 6. The van der Waals surface area contributed by atoms with Gasteiger partial charge in [-0.3, -0.25) is 4.79 Å². The number of hydrogen-bond acceptors (Lipinski definition) is 7. The van der Waals surface area contributed by atoms with Crippen molar-refractivity contribution in [1.82, 2.24) is 5.01 Å².